The van der Waals surface area contributed by atoms with Gasteiger partial charge in [0.2, 0.25) is 0 Å². The first-order valence-electron chi connectivity index (χ1n) is 8.63. The number of benzene rings is 2. The van der Waals surface area contributed by atoms with Gasteiger partial charge in [-0.15, -0.1) is 5.10 Å². The van der Waals surface area contributed by atoms with Crippen LogP contribution in [0, 0.1) is 0 Å². The van der Waals surface area contributed by atoms with E-state index in [2.05, 4.69) is 20.2 Å². The number of fused-ring (bicyclic) bond motifs is 1. The molecular formula is C21H13N5O2. The summed E-state index contributed by atoms with van der Waals surface area (Å²) in [5.74, 6) is 0.716. The molecule has 3 aromatic heterocycles. The maximum absolute atomic E-state index is 13.3. The van der Waals surface area contributed by atoms with Crippen molar-refractivity contribution in [2.75, 3.05) is 0 Å². The van der Waals surface area contributed by atoms with Crippen LogP contribution >= 0.6 is 0 Å². The van der Waals surface area contributed by atoms with Crippen molar-refractivity contribution in [2.45, 2.75) is 0 Å². The summed E-state index contributed by atoms with van der Waals surface area (Å²) in [6.45, 7) is 0. The zero-order valence-electron chi connectivity index (χ0n) is 14.6. The molecule has 0 amide bonds. The molecule has 0 radical (unpaired) electrons. The summed E-state index contributed by atoms with van der Waals surface area (Å²) in [6, 6.07) is 20.3. The Morgan fingerprint density at radius 2 is 1.61 bits per heavy atom. The number of hydrogen-bond acceptors (Lipinski definition) is 6. The highest BCUT2D eigenvalue weighted by Gasteiger charge is 2.19. The molecule has 0 unspecified atom stereocenters. The Bertz CT molecular complexity index is 1330. The molecular weight excluding hydrogens is 354 g/mol. The molecule has 0 saturated heterocycles. The quantitative estimate of drug-likeness (QED) is 0.485. The molecule has 28 heavy (non-hydrogen) atoms. The van der Waals surface area contributed by atoms with E-state index < -0.39 is 0 Å². The molecule has 5 aromatic rings. The molecule has 0 aliphatic heterocycles. The van der Waals surface area contributed by atoms with Gasteiger partial charge < -0.3 is 4.42 Å². The van der Waals surface area contributed by atoms with Crippen LogP contribution in [0.25, 0.3) is 39.8 Å². The molecule has 0 aliphatic carbocycles. The first kappa shape index (κ1) is 16.1. The number of aromatic nitrogens is 5. The summed E-state index contributed by atoms with van der Waals surface area (Å²) in [5, 5.41) is 8.65. The van der Waals surface area contributed by atoms with Crippen molar-refractivity contribution < 1.29 is 4.42 Å². The summed E-state index contributed by atoms with van der Waals surface area (Å²) >= 11 is 0. The molecule has 0 spiro atoms. The topological polar surface area (TPSA) is 86.7 Å². The molecule has 7 heteroatoms. The average molecular weight is 367 g/mol. The summed E-state index contributed by atoms with van der Waals surface area (Å²) in [4.78, 5) is 22.0. The van der Waals surface area contributed by atoms with Gasteiger partial charge in [-0.2, -0.15) is 0 Å². The highest BCUT2D eigenvalue weighted by Crippen LogP contribution is 2.23. The van der Waals surface area contributed by atoms with Crippen LogP contribution in [0.3, 0.4) is 0 Å². The van der Waals surface area contributed by atoms with Gasteiger partial charge in [-0.05, 0) is 24.3 Å². The van der Waals surface area contributed by atoms with Crippen molar-refractivity contribution in [2.24, 2.45) is 0 Å². The normalized spacial score (nSPS) is 11.0. The number of rotatable bonds is 3. The lowest BCUT2D eigenvalue weighted by Crippen LogP contribution is -2.22. The van der Waals surface area contributed by atoms with Gasteiger partial charge in [-0.25, -0.2) is 9.55 Å². The van der Waals surface area contributed by atoms with E-state index >= 15 is 0 Å². The minimum absolute atomic E-state index is 0.0564. The van der Waals surface area contributed by atoms with Gasteiger partial charge in [0.05, 0.1) is 16.5 Å². The summed E-state index contributed by atoms with van der Waals surface area (Å²) in [7, 11) is 0. The van der Waals surface area contributed by atoms with E-state index in [1.807, 2.05) is 48.5 Å². The zero-order valence-corrected chi connectivity index (χ0v) is 14.6. The second kappa shape index (κ2) is 6.55. The van der Waals surface area contributed by atoms with Crippen molar-refractivity contribution in [3.05, 3.63) is 89.5 Å². The lowest BCUT2D eigenvalue weighted by atomic mass is 10.2. The fourth-order valence-corrected chi connectivity index (χ4v) is 3.00. The van der Waals surface area contributed by atoms with Crippen LogP contribution in [0.2, 0.25) is 0 Å². The Morgan fingerprint density at radius 1 is 0.821 bits per heavy atom. The molecule has 0 fully saturated rings. The van der Waals surface area contributed by atoms with E-state index in [0.29, 0.717) is 22.3 Å². The second-order valence-corrected chi connectivity index (χ2v) is 6.09. The Morgan fingerprint density at radius 3 is 2.43 bits per heavy atom. The van der Waals surface area contributed by atoms with Crippen LogP contribution in [0.4, 0.5) is 0 Å². The summed E-state index contributed by atoms with van der Waals surface area (Å²) < 4.78 is 7.16. The minimum Gasteiger partial charge on any atom is -0.403 e. The van der Waals surface area contributed by atoms with Crippen LogP contribution in [0.1, 0.15) is 0 Å². The molecule has 0 aliphatic rings. The third-order valence-corrected chi connectivity index (χ3v) is 4.32. The number of para-hydroxylation sites is 1. The fourth-order valence-electron chi connectivity index (χ4n) is 3.00. The fraction of sp³-hybridized carbons (Fsp3) is 0. The van der Waals surface area contributed by atoms with Gasteiger partial charge in [0.1, 0.15) is 0 Å². The van der Waals surface area contributed by atoms with Crippen molar-refractivity contribution in [3.8, 4) is 28.9 Å². The molecule has 7 nitrogen and oxygen atoms in total. The van der Waals surface area contributed by atoms with Crippen molar-refractivity contribution >= 4 is 10.9 Å². The second-order valence-electron chi connectivity index (χ2n) is 6.09. The lowest BCUT2D eigenvalue weighted by molar-refractivity contribution is 0.533. The van der Waals surface area contributed by atoms with Crippen LogP contribution in [-0.2, 0) is 0 Å². The zero-order chi connectivity index (χ0) is 18.9. The molecule has 0 atom stereocenters. The van der Waals surface area contributed by atoms with Gasteiger partial charge in [-0.1, -0.05) is 47.6 Å². The smallest absolute Gasteiger partial charge is 0.331 e. The Hall–Kier alpha value is -4.13. The Labute approximate surface area is 159 Å². The van der Waals surface area contributed by atoms with Crippen molar-refractivity contribution in [3.63, 3.8) is 0 Å². The predicted octanol–water partition coefficient (Wildman–Crippen LogP) is 3.50. The molecule has 3 heterocycles. The standard InChI is InChI=1S/C21H13N5O2/c27-20-16-10-4-5-11-17(16)23-18(14-7-2-1-3-8-14)26(20)21-25-24-19(28-21)15-9-6-12-22-13-15/h1-13H. The lowest BCUT2D eigenvalue weighted by Gasteiger charge is -2.10. The van der Waals surface area contributed by atoms with E-state index in [-0.39, 0.29) is 17.5 Å². The van der Waals surface area contributed by atoms with E-state index in [1.165, 1.54) is 4.57 Å². The SMILES string of the molecule is O=c1c2ccccc2nc(-c2ccccc2)n1-c1nnc(-c2cccnc2)o1. The molecule has 0 saturated carbocycles. The number of nitrogens with zero attached hydrogens (tertiary/aromatic N) is 5. The Kier molecular flexibility index (Phi) is 3.76. The van der Waals surface area contributed by atoms with E-state index in [0.717, 1.165) is 5.56 Å². The van der Waals surface area contributed by atoms with Gasteiger partial charge in [0, 0.05) is 18.0 Å². The first-order valence-corrected chi connectivity index (χ1v) is 8.63. The van der Waals surface area contributed by atoms with E-state index in [9.17, 15) is 4.79 Å². The van der Waals surface area contributed by atoms with Gasteiger partial charge in [-0.3, -0.25) is 9.78 Å². The van der Waals surface area contributed by atoms with Gasteiger partial charge in [0.15, 0.2) is 5.82 Å². The van der Waals surface area contributed by atoms with Crippen LogP contribution in [-0.4, -0.2) is 24.7 Å². The maximum atomic E-state index is 13.3. The molecule has 0 N–H and O–H groups in total. The average Bonchev–Trinajstić information content (AvgIpc) is 3.25. The summed E-state index contributed by atoms with van der Waals surface area (Å²) in [5.41, 5.74) is 1.77. The van der Waals surface area contributed by atoms with Crippen LogP contribution in [0.15, 0.2) is 88.3 Å². The third-order valence-electron chi connectivity index (χ3n) is 4.32. The Balaban J connectivity index is 1.78. The van der Waals surface area contributed by atoms with Crippen LogP contribution in [0.5, 0.6) is 0 Å². The maximum Gasteiger partial charge on any atom is 0.331 e. The van der Waals surface area contributed by atoms with Crippen molar-refractivity contribution in [1.29, 1.82) is 0 Å². The molecule has 2 aromatic carbocycles. The van der Waals surface area contributed by atoms with Gasteiger partial charge >= 0.3 is 6.01 Å². The van der Waals surface area contributed by atoms with Crippen LogP contribution < -0.4 is 5.56 Å². The third kappa shape index (κ3) is 2.66. The highest BCUT2D eigenvalue weighted by molar-refractivity contribution is 5.80. The first-order chi connectivity index (χ1) is 13.8. The molecule has 5 rings (SSSR count). The minimum atomic E-state index is -0.272. The molecule has 134 valence electrons. The largest absolute Gasteiger partial charge is 0.403 e. The van der Waals surface area contributed by atoms with Crippen molar-refractivity contribution in [1.82, 2.24) is 24.7 Å². The predicted molar refractivity (Wildman–Crippen MR) is 104 cm³/mol. The monoisotopic (exact) mass is 367 g/mol. The number of hydrogen-bond donors (Lipinski definition) is 0. The van der Waals surface area contributed by atoms with Gasteiger partial charge in [0.25, 0.3) is 11.4 Å². The highest BCUT2D eigenvalue weighted by atomic mass is 16.4. The van der Waals surface area contributed by atoms with E-state index in [1.54, 1.807) is 30.6 Å². The van der Waals surface area contributed by atoms with E-state index in [4.69, 9.17) is 4.42 Å². The number of pyridine rings is 1. The summed E-state index contributed by atoms with van der Waals surface area (Å²) in [6.07, 6.45) is 3.28. The molecule has 0 bridgehead atoms.